The minimum atomic E-state index is -1.35. The van der Waals surface area contributed by atoms with Crippen molar-refractivity contribution in [3.8, 4) is 0 Å². The number of nitrogen functional groups attached to an aromatic ring is 1. The van der Waals surface area contributed by atoms with Crippen molar-refractivity contribution in [2.75, 3.05) is 12.3 Å². The normalized spacial score (nSPS) is 30.9. The van der Waals surface area contributed by atoms with Gasteiger partial charge < -0.3 is 30.9 Å². The van der Waals surface area contributed by atoms with Crippen molar-refractivity contribution in [3.05, 3.63) is 12.7 Å². The Morgan fingerprint density at radius 2 is 2.05 bits per heavy atom. The van der Waals surface area contributed by atoms with E-state index in [-0.39, 0.29) is 5.82 Å². The molecule has 0 spiro atoms. The van der Waals surface area contributed by atoms with Crippen LogP contribution in [-0.4, -0.2) is 71.0 Å². The third kappa shape index (κ3) is 2.13. The number of fused-ring (bicyclic) bond motifs is 1. The molecule has 0 aromatic carbocycles. The Labute approximate surface area is 118 Å². The highest BCUT2D eigenvalue weighted by Gasteiger charge is 2.47. The molecule has 1 aliphatic heterocycles. The highest BCUT2D eigenvalue weighted by Crippen LogP contribution is 2.33. The van der Waals surface area contributed by atoms with Crippen LogP contribution in [0.15, 0.2) is 12.7 Å². The van der Waals surface area contributed by atoms with Gasteiger partial charge in [-0.3, -0.25) is 4.57 Å². The second-order valence-corrected chi connectivity index (χ2v) is 4.81. The first kappa shape index (κ1) is 14.1. The highest BCUT2D eigenvalue weighted by atomic mass is 16.6. The first-order valence-corrected chi connectivity index (χ1v) is 6.28. The average Bonchev–Trinajstić information content (AvgIpc) is 3.02. The molecule has 114 valence electrons. The van der Waals surface area contributed by atoms with E-state index in [0.29, 0.717) is 11.2 Å². The molecular formula is C11H15N5O5. The maximum absolute atomic E-state index is 10.1. The van der Waals surface area contributed by atoms with Crippen LogP contribution in [0.2, 0.25) is 0 Å². The van der Waals surface area contributed by atoms with Crippen LogP contribution in [0.4, 0.5) is 5.82 Å². The van der Waals surface area contributed by atoms with E-state index in [1.807, 2.05) is 0 Å². The molecule has 0 aliphatic carbocycles. The third-order valence-electron chi connectivity index (χ3n) is 3.50. The van der Waals surface area contributed by atoms with Crippen molar-refractivity contribution in [2.45, 2.75) is 30.6 Å². The smallest absolute Gasteiger partial charge is 0.167 e. The van der Waals surface area contributed by atoms with E-state index in [9.17, 15) is 15.3 Å². The molecule has 10 nitrogen and oxygen atoms in total. The Balaban J connectivity index is 1.98. The highest BCUT2D eigenvalue weighted by molar-refractivity contribution is 5.81. The van der Waals surface area contributed by atoms with Crippen molar-refractivity contribution < 1.29 is 25.2 Å². The van der Waals surface area contributed by atoms with Gasteiger partial charge in [-0.05, 0) is 0 Å². The molecule has 0 radical (unpaired) electrons. The van der Waals surface area contributed by atoms with Gasteiger partial charge in [-0.1, -0.05) is 0 Å². The number of imidazole rings is 1. The quantitative estimate of drug-likeness (QED) is 0.408. The standard InChI is InChI=1S/C11H15N5O5/c12-9-5-10(14-2-13-9)16(3-15-5)11-7(20)6(19)8(21-11)4(18)1-17/h2-4,6-8,11,17-20H,1H2,(H2,12,13,14)/t4-,6+,7-,8+,11-/m1/s1. The van der Waals surface area contributed by atoms with Gasteiger partial charge in [-0.2, -0.15) is 0 Å². The molecule has 3 rings (SSSR count). The minimum Gasteiger partial charge on any atom is -0.394 e. The first-order chi connectivity index (χ1) is 10.0. The van der Waals surface area contributed by atoms with Crippen molar-refractivity contribution in [2.24, 2.45) is 0 Å². The summed E-state index contributed by atoms with van der Waals surface area (Å²) in [5, 5.41) is 38.5. The van der Waals surface area contributed by atoms with Crippen molar-refractivity contribution in [3.63, 3.8) is 0 Å². The summed E-state index contributed by atoms with van der Waals surface area (Å²) in [7, 11) is 0. The van der Waals surface area contributed by atoms with Crippen LogP contribution in [0.3, 0.4) is 0 Å². The molecule has 2 aromatic heterocycles. The molecule has 2 aromatic rings. The number of hydrogen-bond donors (Lipinski definition) is 5. The fourth-order valence-corrected chi connectivity index (χ4v) is 2.39. The van der Waals surface area contributed by atoms with Crippen LogP contribution in [0.5, 0.6) is 0 Å². The maximum Gasteiger partial charge on any atom is 0.167 e. The Kier molecular flexibility index (Phi) is 3.47. The summed E-state index contributed by atoms with van der Waals surface area (Å²) < 4.78 is 6.84. The molecule has 21 heavy (non-hydrogen) atoms. The maximum atomic E-state index is 10.1. The van der Waals surface area contributed by atoms with E-state index in [1.165, 1.54) is 17.2 Å². The number of anilines is 1. The zero-order chi connectivity index (χ0) is 15.1. The SMILES string of the molecule is Nc1ncnc2c1ncn2[C@@H]1O[C@@H]([C@H](O)CO)[C@@H](O)[C@H]1O. The lowest BCUT2D eigenvalue weighted by Gasteiger charge is -2.18. The van der Waals surface area contributed by atoms with E-state index >= 15 is 0 Å². The Morgan fingerprint density at radius 1 is 1.29 bits per heavy atom. The van der Waals surface area contributed by atoms with Crippen LogP contribution in [0.1, 0.15) is 6.23 Å². The predicted molar refractivity (Wildman–Crippen MR) is 68.8 cm³/mol. The predicted octanol–water partition coefficient (Wildman–Crippen LogP) is -2.62. The molecule has 1 fully saturated rings. The summed E-state index contributed by atoms with van der Waals surface area (Å²) in [4.78, 5) is 11.9. The topological polar surface area (TPSA) is 160 Å². The van der Waals surface area contributed by atoms with Crippen LogP contribution in [0, 0.1) is 0 Å². The summed E-state index contributed by atoms with van der Waals surface area (Å²) in [6.45, 7) is -0.596. The van der Waals surface area contributed by atoms with Crippen LogP contribution >= 0.6 is 0 Å². The zero-order valence-electron chi connectivity index (χ0n) is 10.8. The monoisotopic (exact) mass is 297 g/mol. The van der Waals surface area contributed by atoms with E-state index in [2.05, 4.69) is 15.0 Å². The van der Waals surface area contributed by atoms with Gasteiger partial charge in [-0.25, -0.2) is 15.0 Å². The molecule has 3 heterocycles. The molecule has 6 N–H and O–H groups in total. The van der Waals surface area contributed by atoms with E-state index in [4.69, 9.17) is 15.6 Å². The largest absolute Gasteiger partial charge is 0.394 e. The summed E-state index contributed by atoms with van der Waals surface area (Å²) in [6, 6.07) is 0. The van der Waals surface area contributed by atoms with E-state index in [0.717, 1.165) is 0 Å². The molecule has 0 amide bonds. The molecule has 0 bridgehead atoms. The number of rotatable bonds is 3. The number of ether oxygens (including phenoxy) is 1. The molecule has 1 saturated heterocycles. The van der Waals surface area contributed by atoms with Crippen molar-refractivity contribution in [1.29, 1.82) is 0 Å². The summed E-state index contributed by atoms with van der Waals surface area (Å²) >= 11 is 0. The number of aliphatic hydroxyl groups excluding tert-OH is 4. The summed E-state index contributed by atoms with van der Waals surface area (Å²) in [6.07, 6.45) is -3.51. The number of aromatic nitrogens is 4. The lowest BCUT2D eigenvalue weighted by molar-refractivity contribution is -0.0962. The van der Waals surface area contributed by atoms with Gasteiger partial charge in [0, 0.05) is 0 Å². The van der Waals surface area contributed by atoms with E-state index < -0.39 is 37.3 Å². The fourth-order valence-electron chi connectivity index (χ4n) is 2.39. The van der Waals surface area contributed by atoms with Gasteiger partial charge in [0.25, 0.3) is 0 Å². The zero-order valence-corrected chi connectivity index (χ0v) is 10.8. The lowest BCUT2D eigenvalue weighted by atomic mass is 10.1. The van der Waals surface area contributed by atoms with E-state index in [1.54, 1.807) is 0 Å². The van der Waals surface area contributed by atoms with Gasteiger partial charge >= 0.3 is 0 Å². The third-order valence-corrected chi connectivity index (χ3v) is 3.50. The Hall–Kier alpha value is -1.85. The Bertz CT molecular complexity index is 649. The molecule has 0 unspecified atom stereocenters. The van der Waals surface area contributed by atoms with Crippen molar-refractivity contribution in [1.82, 2.24) is 19.5 Å². The second kappa shape index (κ2) is 5.16. The van der Waals surface area contributed by atoms with Crippen molar-refractivity contribution >= 4 is 17.0 Å². The van der Waals surface area contributed by atoms with Gasteiger partial charge in [0.1, 0.15) is 36.3 Å². The molecule has 5 atom stereocenters. The van der Waals surface area contributed by atoms with Gasteiger partial charge in [-0.15, -0.1) is 0 Å². The lowest BCUT2D eigenvalue weighted by Crippen LogP contribution is -2.40. The van der Waals surface area contributed by atoms with Crippen LogP contribution in [0.25, 0.3) is 11.2 Å². The first-order valence-electron chi connectivity index (χ1n) is 6.28. The number of hydrogen-bond acceptors (Lipinski definition) is 9. The summed E-state index contributed by atoms with van der Waals surface area (Å²) in [5.41, 5.74) is 6.35. The molecular weight excluding hydrogens is 282 g/mol. The molecule has 1 aliphatic rings. The minimum absolute atomic E-state index is 0.179. The van der Waals surface area contributed by atoms with Gasteiger partial charge in [0.05, 0.1) is 12.9 Å². The fraction of sp³-hybridized carbons (Fsp3) is 0.545. The number of aliphatic hydroxyl groups is 4. The van der Waals surface area contributed by atoms with Gasteiger partial charge in [0.15, 0.2) is 17.7 Å². The summed E-state index contributed by atoms with van der Waals surface area (Å²) in [5.74, 6) is 0.179. The number of nitrogens with two attached hydrogens (primary N) is 1. The molecule has 0 saturated carbocycles. The van der Waals surface area contributed by atoms with Crippen LogP contribution < -0.4 is 5.73 Å². The Morgan fingerprint density at radius 3 is 2.76 bits per heavy atom. The average molecular weight is 297 g/mol. The second-order valence-electron chi connectivity index (χ2n) is 4.81. The molecule has 10 heteroatoms. The number of nitrogens with zero attached hydrogens (tertiary/aromatic N) is 4. The van der Waals surface area contributed by atoms with Gasteiger partial charge in [0.2, 0.25) is 0 Å². The van der Waals surface area contributed by atoms with Crippen LogP contribution in [-0.2, 0) is 4.74 Å².